The zero-order chi connectivity index (χ0) is 18.6. The third-order valence-corrected chi connectivity index (χ3v) is 5.10. The Morgan fingerprint density at radius 2 is 2.04 bits per heavy atom. The smallest absolute Gasteiger partial charge is 0.220 e. The largest absolute Gasteiger partial charge is 0.394 e. The molecule has 1 aliphatic heterocycles. The van der Waals surface area contributed by atoms with Crippen molar-refractivity contribution >= 4 is 22.6 Å². The highest BCUT2D eigenvalue weighted by molar-refractivity contribution is 5.83. The fourth-order valence-electron chi connectivity index (χ4n) is 3.67. The van der Waals surface area contributed by atoms with Gasteiger partial charge in [-0.1, -0.05) is 42.5 Å². The summed E-state index contributed by atoms with van der Waals surface area (Å²) in [5, 5.41) is 17.3. The third kappa shape index (κ3) is 4.41. The van der Waals surface area contributed by atoms with Gasteiger partial charge in [-0.3, -0.25) is 9.59 Å². The van der Waals surface area contributed by atoms with Crippen LogP contribution in [0.3, 0.4) is 0 Å². The average Bonchev–Trinajstić information content (AvgIpc) is 3.00. The maximum atomic E-state index is 12.1. The van der Waals surface area contributed by atoms with E-state index in [9.17, 15) is 9.59 Å². The summed E-state index contributed by atoms with van der Waals surface area (Å²) in [7, 11) is 0. The number of aliphatic hydroxyl groups excluding tert-OH is 1. The first-order valence-corrected chi connectivity index (χ1v) is 9.19. The second-order valence-corrected chi connectivity index (χ2v) is 7.34. The Labute approximate surface area is 153 Å². The lowest BCUT2D eigenvalue weighted by atomic mass is 9.84. The van der Waals surface area contributed by atoms with Gasteiger partial charge in [0.25, 0.3) is 0 Å². The van der Waals surface area contributed by atoms with E-state index < -0.39 is 0 Å². The number of hydrogen-bond acceptors (Lipinski definition) is 3. The van der Waals surface area contributed by atoms with E-state index in [-0.39, 0.29) is 30.0 Å². The van der Waals surface area contributed by atoms with Gasteiger partial charge in [0.1, 0.15) is 0 Å². The molecule has 3 rings (SSSR count). The molecule has 5 nitrogen and oxygen atoms in total. The zero-order valence-electron chi connectivity index (χ0n) is 15.1. The number of carbonyl (C=O) groups is 2. The zero-order valence-corrected chi connectivity index (χ0v) is 15.1. The lowest BCUT2D eigenvalue weighted by molar-refractivity contribution is -0.123. The number of amides is 2. The van der Waals surface area contributed by atoms with Gasteiger partial charge >= 0.3 is 0 Å². The molecular formula is C21H26N2O3. The Morgan fingerprint density at radius 3 is 2.73 bits per heavy atom. The van der Waals surface area contributed by atoms with Crippen molar-refractivity contribution in [2.75, 3.05) is 6.61 Å². The number of hydrogen-bond donors (Lipinski definition) is 3. The van der Waals surface area contributed by atoms with Crippen LogP contribution in [0.4, 0.5) is 0 Å². The molecule has 5 heteroatoms. The quantitative estimate of drug-likeness (QED) is 0.714. The molecule has 26 heavy (non-hydrogen) atoms. The lowest BCUT2D eigenvalue weighted by Gasteiger charge is -2.29. The molecule has 3 N–H and O–H groups in total. The van der Waals surface area contributed by atoms with Crippen molar-refractivity contribution in [3.63, 3.8) is 0 Å². The number of carbonyl (C=O) groups excluding carboxylic acids is 2. The number of nitrogens with one attached hydrogen (secondary N) is 2. The first kappa shape index (κ1) is 18.4. The molecule has 0 saturated carbocycles. The topological polar surface area (TPSA) is 78.4 Å². The van der Waals surface area contributed by atoms with Crippen molar-refractivity contribution in [3.8, 4) is 0 Å². The fraction of sp³-hybridized carbons (Fsp3) is 0.429. The maximum Gasteiger partial charge on any atom is 0.220 e. The Kier molecular flexibility index (Phi) is 5.57. The van der Waals surface area contributed by atoms with Crippen molar-refractivity contribution in [1.29, 1.82) is 0 Å². The molecule has 2 unspecified atom stereocenters. The van der Waals surface area contributed by atoms with E-state index >= 15 is 0 Å². The van der Waals surface area contributed by atoms with E-state index in [2.05, 4.69) is 41.0 Å². The molecule has 2 aromatic carbocycles. The van der Waals surface area contributed by atoms with Gasteiger partial charge in [-0.25, -0.2) is 0 Å². The van der Waals surface area contributed by atoms with Crippen molar-refractivity contribution in [2.45, 2.75) is 50.6 Å². The van der Waals surface area contributed by atoms with Gasteiger partial charge in [0, 0.05) is 24.4 Å². The van der Waals surface area contributed by atoms with E-state index in [0.717, 1.165) is 12.0 Å². The molecule has 2 aromatic rings. The van der Waals surface area contributed by atoms with E-state index in [4.69, 9.17) is 5.11 Å². The lowest BCUT2D eigenvalue weighted by Crippen LogP contribution is -2.45. The average molecular weight is 354 g/mol. The van der Waals surface area contributed by atoms with Gasteiger partial charge in [0.15, 0.2) is 0 Å². The Bertz CT molecular complexity index is 805. The Balaban J connectivity index is 1.72. The van der Waals surface area contributed by atoms with E-state index in [1.165, 1.54) is 10.8 Å². The summed E-state index contributed by atoms with van der Waals surface area (Å²) in [6, 6.07) is 14.3. The molecular weight excluding hydrogens is 328 g/mol. The molecule has 2 atom stereocenters. The Hall–Kier alpha value is -2.40. The summed E-state index contributed by atoms with van der Waals surface area (Å²) in [6.07, 6.45) is 2.88. The summed E-state index contributed by atoms with van der Waals surface area (Å²) in [4.78, 5) is 24.0. The van der Waals surface area contributed by atoms with Gasteiger partial charge in [-0.05, 0) is 42.5 Å². The minimum atomic E-state index is -0.376. The van der Waals surface area contributed by atoms with Gasteiger partial charge in [0.2, 0.25) is 11.8 Å². The van der Waals surface area contributed by atoms with Crippen LogP contribution in [0.2, 0.25) is 0 Å². The molecule has 138 valence electrons. The molecule has 0 bridgehead atoms. The molecule has 2 amide bonds. The predicted molar refractivity (Wildman–Crippen MR) is 102 cm³/mol. The van der Waals surface area contributed by atoms with Crippen LogP contribution in [0.1, 0.15) is 38.2 Å². The molecule has 0 aliphatic carbocycles. The van der Waals surface area contributed by atoms with Gasteiger partial charge in [0.05, 0.1) is 6.61 Å². The number of aliphatic hydroxyl groups is 1. The molecule has 1 aliphatic rings. The molecule has 1 heterocycles. The summed E-state index contributed by atoms with van der Waals surface area (Å²) in [6.45, 7) is 1.69. The molecule has 0 aromatic heterocycles. The van der Waals surface area contributed by atoms with Gasteiger partial charge < -0.3 is 15.7 Å². The number of fused-ring (bicyclic) bond motifs is 1. The highest BCUT2D eigenvalue weighted by Gasteiger charge is 2.37. The van der Waals surface area contributed by atoms with Crippen LogP contribution >= 0.6 is 0 Å². The van der Waals surface area contributed by atoms with Crippen molar-refractivity contribution in [2.24, 2.45) is 0 Å². The normalized spacial score (nSPS) is 20.8. The van der Waals surface area contributed by atoms with Crippen LogP contribution in [0.5, 0.6) is 0 Å². The van der Waals surface area contributed by atoms with E-state index in [0.29, 0.717) is 25.7 Å². The molecule has 0 spiro atoms. The minimum Gasteiger partial charge on any atom is -0.394 e. The van der Waals surface area contributed by atoms with Crippen LogP contribution in [0, 0.1) is 0 Å². The molecule has 0 radical (unpaired) electrons. The Morgan fingerprint density at radius 1 is 1.27 bits per heavy atom. The van der Waals surface area contributed by atoms with Gasteiger partial charge in [-0.2, -0.15) is 0 Å². The monoisotopic (exact) mass is 354 g/mol. The highest BCUT2D eigenvalue weighted by atomic mass is 16.3. The van der Waals surface area contributed by atoms with Crippen LogP contribution in [-0.4, -0.2) is 35.1 Å². The summed E-state index contributed by atoms with van der Waals surface area (Å²) >= 11 is 0. The number of rotatable bonds is 7. The first-order chi connectivity index (χ1) is 12.5. The predicted octanol–water partition coefficient (Wildman–Crippen LogP) is 2.31. The second-order valence-electron chi connectivity index (χ2n) is 7.34. The van der Waals surface area contributed by atoms with E-state index in [1.807, 2.05) is 12.1 Å². The van der Waals surface area contributed by atoms with E-state index in [1.54, 1.807) is 6.92 Å². The first-order valence-electron chi connectivity index (χ1n) is 9.19. The van der Waals surface area contributed by atoms with Crippen LogP contribution in [-0.2, 0) is 16.0 Å². The summed E-state index contributed by atoms with van der Waals surface area (Å²) in [5.41, 5.74) is 0.786. The number of benzene rings is 2. The highest BCUT2D eigenvalue weighted by Crippen LogP contribution is 2.30. The van der Waals surface area contributed by atoms with Crippen LogP contribution in [0.25, 0.3) is 10.8 Å². The van der Waals surface area contributed by atoms with Crippen molar-refractivity contribution in [3.05, 3.63) is 48.0 Å². The summed E-state index contributed by atoms with van der Waals surface area (Å²) in [5.74, 6) is -0.0412. The summed E-state index contributed by atoms with van der Waals surface area (Å²) < 4.78 is 0. The molecule has 1 fully saturated rings. The minimum absolute atomic E-state index is 0.0509. The van der Waals surface area contributed by atoms with Gasteiger partial charge in [-0.15, -0.1) is 0 Å². The van der Waals surface area contributed by atoms with Crippen molar-refractivity contribution < 1.29 is 14.7 Å². The standard InChI is InChI=1S/C21H26N2O3/c1-15(14-24)22-19(25)8-10-21(11-9-20(26)23-21)13-16-6-7-17-4-2-3-5-18(17)12-16/h2-7,12,15,24H,8-11,13-14H2,1H3,(H,22,25)(H,23,26). The SMILES string of the molecule is CC(CO)NC(=O)CCC1(Cc2ccc3ccccc3c2)CCC(=O)N1. The fourth-order valence-corrected chi connectivity index (χ4v) is 3.67. The van der Waals surface area contributed by atoms with Crippen LogP contribution < -0.4 is 10.6 Å². The third-order valence-electron chi connectivity index (χ3n) is 5.10. The molecule has 1 saturated heterocycles. The van der Waals surface area contributed by atoms with Crippen molar-refractivity contribution in [1.82, 2.24) is 10.6 Å². The second kappa shape index (κ2) is 7.87. The maximum absolute atomic E-state index is 12.1. The van der Waals surface area contributed by atoms with Crippen LogP contribution in [0.15, 0.2) is 42.5 Å².